The Labute approximate surface area is 122 Å². The zero-order valence-corrected chi connectivity index (χ0v) is 13.3. The summed E-state index contributed by atoms with van der Waals surface area (Å²) in [6.45, 7) is 2.12. The summed E-state index contributed by atoms with van der Waals surface area (Å²) >= 11 is 8.70. The third kappa shape index (κ3) is 3.98. The maximum Gasteiger partial charge on any atom is 0.175 e. The minimum atomic E-state index is 0.923. The Kier molecular flexibility index (Phi) is 5.34. The Morgan fingerprint density at radius 2 is 1.88 bits per heavy atom. The maximum atomic E-state index is 4.17. The lowest BCUT2D eigenvalue weighted by molar-refractivity contribution is 0.954. The van der Waals surface area contributed by atoms with Gasteiger partial charge in [-0.2, -0.15) is 0 Å². The van der Waals surface area contributed by atoms with Crippen molar-refractivity contribution >= 4 is 50.8 Å². The largest absolute Gasteiger partial charge is 0.175 e. The van der Waals surface area contributed by atoms with Gasteiger partial charge in [0.15, 0.2) is 8.68 Å². The number of thioether (sulfide) groups is 2. The molecule has 0 bridgehead atoms. The van der Waals surface area contributed by atoms with E-state index in [4.69, 9.17) is 0 Å². The molecule has 2 rings (SSSR count). The van der Waals surface area contributed by atoms with Gasteiger partial charge in [-0.15, -0.1) is 10.2 Å². The van der Waals surface area contributed by atoms with Crippen LogP contribution in [0.5, 0.6) is 0 Å². The minimum Gasteiger partial charge on any atom is -0.131 e. The highest BCUT2D eigenvalue weighted by molar-refractivity contribution is 9.10. The Balaban J connectivity index is 1.95. The third-order valence-corrected chi connectivity index (χ3v) is 5.86. The van der Waals surface area contributed by atoms with E-state index in [9.17, 15) is 0 Å². The summed E-state index contributed by atoms with van der Waals surface area (Å²) in [7, 11) is 0. The molecular weight excluding hydrogens is 336 g/mol. The summed E-state index contributed by atoms with van der Waals surface area (Å²) in [5, 5.41) is 8.31. The molecule has 1 aromatic carbocycles. The number of nitrogens with zero attached hydrogens (tertiary/aromatic N) is 2. The molecule has 0 aliphatic heterocycles. The van der Waals surface area contributed by atoms with E-state index in [0.717, 1.165) is 24.7 Å². The first-order chi connectivity index (χ1) is 8.29. The fourth-order valence-electron chi connectivity index (χ4n) is 1.19. The Hall–Kier alpha value is -0.0400. The van der Waals surface area contributed by atoms with Gasteiger partial charge < -0.3 is 0 Å². The summed E-state index contributed by atoms with van der Waals surface area (Å²) in [6.07, 6.45) is 0. The van der Waals surface area contributed by atoms with Crippen molar-refractivity contribution in [1.82, 2.24) is 10.2 Å². The normalized spacial score (nSPS) is 10.7. The quantitative estimate of drug-likeness (QED) is 0.732. The predicted molar refractivity (Wildman–Crippen MR) is 80.0 cm³/mol. The van der Waals surface area contributed by atoms with Crippen molar-refractivity contribution in [2.24, 2.45) is 0 Å². The summed E-state index contributed by atoms with van der Waals surface area (Å²) in [5.74, 6) is 1.97. The van der Waals surface area contributed by atoms with Gasteiger partial charge >= 0.3 is 0 Å². The van der Waals surface area contributed by atoms with Crippen LogP contribution in [0.4, 0.5) is 0 Å². The second kappa shape index (κ2) is 6.78. The van der Waals surface area contributed by atoms with Gasteiger partial charge in [-0.25, -0.2) is 0 Å². The topological polar surface area (TPSA) is 25.8 Å². The molecule has 0 unspecified atom stereocenters. The first kappa shape index (κ1) is 13.4. The van der Waals surface area contributed by atoms with Crippen LogP contribution in [0, 0.1) is 0 Å². The summed E-state index contributed by atoms with van der Waals surface area (Å²) in [5.41, 5.74) is 1.29. The van der Waals surface area contributed by atoms with Gasteiger partial charge in [-0.05, 0) is 17.4 Å². The average molecular weight is 347 g/mol. The number of hydrogen-bond donors (Lipinski definition) is 0. The molecule has 0 saturated carbocycles. The maximum absolute atomic E-state index is 4.17. The van der Waals surface area contributed by atoms with E-state index in [1.807, 2.05) is 6.07 Å². The predicted octanol–water partition coefficient (Wildman–Crippen LogP) is 4.70. The Morgan fingerprint density at radius 1 is 1.18 bits per heavy atom. The summed E-state index contributed by atoms with van der Waals surface area (Å²) < 4.78 is 3.25. The number of benzene rings is 1. The molecule has 0 atom stereocenters. The van der Waals surface area contributed by atoms with Gasteiger partial charge in [0.1, 0.15) is 0 Å². The molecule has 0 aliphatic rings. The second-order valence-electron chi connectivity index (χ2n) is 3.15. The van der Waals surface area contributed by atoms with Gasteiger partial charge in [0.25, 0.3) is 0 Å². The highest BCUT2D eigenvalue weighted by Gasteiger charge is 2.06. The van der Waals surface area contributed by atoms with Gasteiger partial charge in [0, 0.05) is 10.2 Å². The summed E-state index contributed by atoms with van der Waals surface area (Å²) in [6, 6.07) is 8.27. The van der Waals surface area contributed by atoms with Crippen molar-refractivity contribution in [3.63, 3.8) is 0 Å². The van der Waals surface area contributed by atoms with E-state index in [-0.39, 0.29) is 0 Å². The van der Waals surface area contributed by atoms with E-state index in [0.29, 0.717) is 0 Å². The minimum absolute atomic E-state index is 0.923. The zero-order valence-electron chi connectivity index (χ0n) is 9.22. The lowest BCUT2D eigenvalue weighted by Crippen LogP contribution is -1.81. The lowest BCUT2D eigenvalue weighted by Gasteiger charge is -2.00. The molecule has 0 radical (unpaired) electrons. The lowest BCUT2D eigenvalue weighted by atomic mass is 10.2. The molecule has 0 amide bonds. The fourth-order valence-corrected chi connectivity index (χ4v) is 4.72. The van der Waals surface area contributed by atoms with Crippen LogP contribution in [-0.4, -0.2) is 16.0 Å². The molecule has 0 saturated heterocycles. The number of rotatable bonds is 5. The molecule has 1 aromatic heterocycles. The molecule has 90 valence electrons. The average Bonchev–Trinajstić information content (AvgIpc) is 2.76. The van der Waals surface area contributed by atoms with Crippen molar-refractivity contribution in [2.75, 3.05) is 5.75 Å². The van der Waals surface area contributed by atoms with Crippen LogP contribution in [0.1, 0.15) is 12.5 Å². The van der Waals surface area contributed by atoms with Crippen LogP contribution in [0.25, 0.3) is 0 Å². The van der Waals surface area contributed by atoms with Crippen molar-refractivity contribution in [3.8, 4) is 0 Å². The van der Waals surface area contributed by atoms with Crippen molar-refractivity contribution in [1.29, 1.82) is 0 Å². The highest BCUT2D eigenvalue weighted by atomic mass is 79.9. The van der Waals surface area contributed by atoms with Gasteiger partial charge in [0.05, 0.1) is 0 Å². The molecule has 0 spiro atoms. The molecule has 0 fully saturated rings. The van der Waals surface area contributed by atoms with Crippen molar-refractivity contribution in [3.05, 3.63) is 34.3 Å². The van der Waals surface area contributed by atoms with Crippen LogP contribution in [-0.2, 0) is 5.75 Å². The number of halogens is 1. The first-order valence-corrected chi connectivity index (χ1v) is 8.70. The molecule has 0 aliphatic carbocycles. The standard InChI is InChI=1S/C11H11BrN2S3/c1-2-15-10-13-14-11(17-10)16-7-8-5-3-4-6-9(8)12/h3-6H,2,7H2,1H3. The fraction of sp³-hybridized carbons (Fsp3) is 0.273. The van der Waals surface area contributed by atoms with Crippen LogP contribution in [0.3, 0.4) is 0 Å². The Morgan fingerprint density at radius 3 is 2.59 bits per heavy atom. The van der Waals surface area contributed by atoms with Gasteiger partial charge in [-0.1, -0.05) is 75.9 Å². The number of aromatic nitrogens is 2. The van der Waals surface area contributed by atoms with Gasteiger partial charge in [-0.3, -0.25) is 0 Å². The molecule has 2 nitrogen and oxygen atoms in total. The Bertz CT molecular complexity index is 487. The van der Waals surface area contributed by atoms with E-state index >= 15 is 0 Å². The van der Waals surface area contributed by atoms with E-state index in [1.54, 1.807) is 34.9 Å². The van der Waals surface area contributed by atoms with E-state index in [2.05, 4.69) is 51.3 Å². The highest BCUT2D eigenvalue weighted by Crippen LogP contribution is 2.31. The van der Waals surface area contributed by atoms with E-state index in [1.165, 1.54) is 5.56 Å². The van der Waals surface area contributed by atoms with Crippen LogP contribution >= 0.6 is 50.8 Å². The first-order valence-electron chi connectivity index (χ1n) is 5.12. The van der Waals surface area contributed by atoms with Gasteiger partial charge in [0.2, 0.25) is 0 Å². The smallest absolute Gasteiger partial charge is 0.131 e. The van der Waals surface area contributed by atoms with Crippen LogP contribution in [0.2, 0.25) is 0 Å². The van der Waals surface area contributed by atoms with Crippen molar-refractivity contribution in [2.45, 2.75) is 21.4 Å². The molecule has 17 heavy (non-hydrogen) atoms. The van der Waals surface area contributed by atoms with Crippen LogP contribution in [0.15, 0.2) is 37.4 Å². The number of hydrogen-bond acceptors (Lipinski definition) is 5. The molecule has 2 aromatic rings. The zero-order chi connectivity index (χ0) is 12.1. The van der Waals surface area contributed by atoms with E-state index < -0.39 is 0 Å². The SMILES string of the molecule is CCSc1nnc(SCc2ccccc2Br)s1. The molecule has 1 heterocycles. The molecule has 0 N–H and O–H groups in total. The summed E-state index contributed by atoms with van der Waals surface area (Å²) in [4.78, 5) is 0. The monoisotopic (exact) mass is 346 g/mol. The molecule has 6 heteroatoms. The molecular formula is C11H11BrN2S3. The van der Waals surface area contributed by atoms with Crippen molar-refractivity contribution < 1.29 is 0 Å². The van der Waals surface area contributed by atoms with Crippen LogP contribution < -0.4 is 0 Å². The second-order valence-corrected chi connectivity index (χ2v) is 7.71. The third-order valence-electron chi connectivity index (χ3n) is 1.96.